The van der Waals surface area contributed by atoms with Gasteiger partial charge in [-0.2, -0.15) is 0 Å². The Kier molecular flexibility index (Phi) is 3.25. The molecule has 1 aliphatic rings. The Bertz CT molecular complexity index is 593. The second-order valence-corrected chi connectivity index (χ2v) is 5.39. The molecule has 0 fully saturated rings. The Hall–Kier alpha value is -1.81. The average Bonchev–Trinajstić information content (AvgIpc) is 2.82. The lowest BCUT2D eigenvalue weighted by Gasteiger charge is -2.26. The van der Waals surface area contributed by atoms with Crippen LogP contribution in [-0.2, 0) is 0 Å². The summed E-state index contributed by atoms with van der Waals surface area (Å²) in [5, 5.41) is 0. The Morgan fingerprint density at radius 2 is 1.74 bits per heavy atom. The van der Waals surface area contributed by atoms with Crippen LogP contribution >= 0.6 is 15.9 Å². The van der Waals surface area contributed by atoms with Gasteiger partial charge in [0.1, 0.15) is 0 Å². The highest BCUT2D eigenvalue weighted by Gasteiger charge is 2.28. The summed E-state index contributed by atoms with van der Waals surface area (Å²) < 4.78 is 1.08. The molecule has 1 heterocycles. The van der Waals surface area contributed by atoms with Gasteiger partial charge in [-0.15, -0.1) is 0 Å². The maximum absolute atomic E-state index is 6.04. The fraction of sp³-hybridized carbons (Fsp3) is 0.133. The van der Waals surface area contributed by atoms with Crippen LogP contribution in [0.4, 0.5) is 5.69 Å². The zero-order valence-electron chi connectivity index (χ0n) is 10.3. The third kappa shape index (κ3) is 2.36. The largest absolute Gasteiger partial charge is 0.369 e. The molecule has 0 aromatic heterocycles. The maximum Gasteiger partial charge on any atom is 0.196 e. The predicted molar refractivity (Wildman–Crippen MR) is 82.3 cm³/mol. The van der Waals surface area contributed by atoms with E-state index >= 15 is 0 Å². The number of nitrogens with two attached hydrogens (primary N) is 1. The van der Waals surface area contributed by atoms with E-state index in [-0.39, 0.29) is 6.04 Å². The molecule has 0 amide bonds. The minimum Gasteiger partial charge on any atom is -0.369 e. The molecule has 2 N–H and O–H groups in total. The molecule has 0 aliphatic carbocycles. The zero-order chi connectivity index (χ0) is 13.2. The molecule has 0 bridgehead atoms. The SMILES string of the molecule is NC1=NCC(c2ccc(Br)cc2)N1c1ccccc1. The Morgan fingerprint density at radius 3 is 2.42 bits per heavy atom. The van der Waals surface area contributed by atoms with Gasteiger partial charge in [0, 0.05) is 10.2 Å². The number of benzene rings is 2. The molecular weight excluding hydrogens is 302 g/mol. The number of aliphatic imine (C=N–C) groups is 1. The van der Waals surface area contributed by atoms with Gasteiger partial charge in [0.25, 0.3) is 0 Å². The number of guanidine groups is 1. The summed E-state index contributed by atoms with van der Waals surface area (Å²) in [6.07, 6.45) is 0. The van der Waals surface area contributed by atoms with Crippen molar-refractivity contribution in [2.75, 3.05) is 11.4 Å². The number of rotatable bonds is 2. The summed E-state index contributed by atoms with van der Waals surface area (Å²) in [5.74, 6) is 0.583. The van der Waals surface area contributed by atoms with Crippen LogP contribution in [0.25, 0.3) is 0 Å². The molecular formula is C15H14BrN3. The van der Waals surface area contributed by atoms with Gasteiger partial charge in [-0.1, -0.05) is 46.3 Å². The number of hydrogen-bond donors (Lipinski definition) is 1. The van der Waals surface area contributed by atoms with Crippen molar-refractivity contribution in [3.05, 3.63) is 64.6 Å². The van der Waals surface area contributed by atoms with Gasteiger partial charge in [0.05, 0.1) is 12.6 Å². The fourth-order valence-electron chi connectivity index (χ4n) is 2.34. The Balaban J connectivity index is 1.96. The number of hydrogen-bond acceptors (Lipinski definition) is 3. The minimum absolute atomic E-state index is 0.176. The van der Waals surface area contributed by atoms with Gasteiger partial charge in [-0.25, -0.2) is 0 Å². The first-order valence-corrected chi connectivity index (χ1v) is 6.94. The van der Waals surface area contributed by atoms with E-state index in [0.29, 0.717) is 12.5 Å². The summed E-state index contributed by atoms with van der Waals surface area (Å²) in [6.45, 7) is 0.697. The molecule has 0 radical (unpaired) electrons. The Morgan fingerprint density at radius 1 is 1.05 bits per heavy atom. The average molecular weight is 316 g/mol. The summed E-state index contributed by atoms with van der Waals surface area (Å²) in [6, 6.07) is 18.6. The van der Waals surface area contributed by atoms with E-state index < -0.39 is 0 Å². The normalized spacial score (nSPS) is 18.5. The molecule has 0 spiro atoms. The third-order valence-electron chi connectivity index (χ3n) is 3.27. The van der Waals surface area contributed by atoms with E-state index in [2.05, 4.69) is 50.1 Å². The van der Waals surface area contributed by atoms with Gasteiger partial charge in [-0.3, -0.25) is 4.99 Å². The second-order valence-electron chi connectivity index (χ2n) is 4.47. The quantitative estimate of drug-likeness (QED) is 0.923. The van der Waals surface area contributed by atoms with E-state index in [0.717, 1.165) is 10.2 Å². The first-order valence-electron chi connectivity index (χ1n) is 6.15. The molecule has 0 saturated heterocycles. The van der Waals surface area contributed by atoms with Gasteiger partial charge in [-0.05, 0) is 29.8 Å². The number of nitrogens with zero attached hydrogens (tertiary/aromatic N) is 2. The molecule has 96 valence electrons. The van der Waals surface area contributed by atoms with Crippen molar-refractivity contribution in [3.8, 4) is 0 Å². The van der Waals surface area contributed by atoms with E-state index in [1.165, 1.54) is 5.56 Å². The highest BCUT2D eigenvalue weighted by Crippen LogP contribution is 2.31. The number of halogens is 1. The van der Waals surface area contributed by atoms with Crippen molar-refractivity contribution in [3.63, 3.8) is 0 Å². The van der Waals surface area contributed by atoms with Crippen LogP contribution in [-0.4, -0.2) is 12.5 Å². The summed E-state index contributed by atoms with van der Waals surface area (Å²) in [5.41, 5.74) is 8.33. The molecule has 2 aromatic rings. The summed E-state index contributed by atoms with van der Waals surface area (Å²) >= 11 is 3.46. The molecule has 1 unspecified atom stereocenters. The zero-order valence-corrected chi connectivity index (χ0v) is 11.9. The Labute approximate surface area is 120 Å². The van der Waals surface area contributed by atoms with Crippen LogP contribution in [0.2, 0.25) is 0 Å². The fourth-order valence-corrected chi connectivity index (χ4v) is 2.60. The maximum atomic E-state index is 6.04. The van der Waals surface area contributed by atoms with Gasteiger partial charge < -0.3 is 10.6 Å². The number of anilines is 1. The molecule has 4 heteroatoms. The van der Waals surface area contributed by atoms with Crippen molar-refractivity contribution >= 4 is 27.6 Å². The van der Waals surface area contributed by atoms with Crippen molar-refractivity contribution in [2.45, 2.75) is 6.04 Å². The van der Waals surface area contributed by atoms with E-state index in [1.54, 1.807) is 0 Å². The lowest BCUT2D eigenvalue weighted by molar-refractivity contribution is 0.768. The van der Waals surface area contributed by atoms with Gasteiger partial charge >= 0.3 is 0 Å². The number of para-hydroxylation sites is 1. The van der Waals surface area contributed by atoms with Crippen LogP contribution in [0.5, 0.6) is 0 Å². The molecule has 0 saturated carbocycles. The van der Waals surface area contributed by atoms with Crippen LogP contribution in [0.1, 0.15) is 11.6 Å². The van der Waals surface area contributed by atoms with Crippen LogP contribution in [0, 0.1) is 0 Å². The van der Waals surface area contributed by atoms with Crippen LogP contribution in [0.15, 0.2) is 64.1 Å². The summed E-state index contributed by atoms with van der Waals surface area (Å²) in [4.78, 5) is 6.47. The molecule has 19 heavy (non-hydrogen) atoms. The lowest BCUT2D eigenvalue weighted by atomic mass is 10.1. The van der Waals surface area contributed by atoms with Crippen molar-refractivity contribution in [1.82, 2.24) is 0 Å². The topological polar surface area (TPSA) is 41.6 Å². The standard InChI is InChI=1S/C15H14BrN3/c16-12-8-6-11(7-9-12)14-10-18-15(17)19(14)13-4-2-1-3-5-13/h1-9,14H,10H2,(H2,17,18). The first-order chi connectivity index (χ1) is 9.25. The van der Waals surface area contributed by atoms with Crippen molar-refractivity contribution in [1.29, 1.82) is 0 Å². The molecule has 1 atom stereocenters. The van der Waals surface area contributed by atoms with Gasteiger partial charge in [0.2, 0.25) is 0 Å². The highest BCUT2D eigenvalue weighted by molar-refractivity contribution is 9.10. The molecule has 2 aromatic carbocycles. The summed E-state index contributed by atoms with van der Waals surface area (Å²) in [7, 11) is 0. The molecule has 3 nitrogen and oxygen atoms in total. The first kappa shape index (κ1) is 12.2. The van der Waals surface area contributed by atoms with Gasteiger partial charge in [0.15, 0.2) is 5.96 Å². The minimum atomic E-state index is 0.176. The lowest BCUT2D eigenvalue weighted by Crippen LogP contribution is -2.36. The smallest absolute Gasteiger partial charge is 0.196 e. The van der Waals surface area contributed by atoms with Crippen molar-refractivity contribution < 1.29 is 0 Å². The highest BCUT2D eigenvalue weighted by atomic mass is 79.9. The molecule has 3 rings (SSSR count). The third-order valence-corrected chi connectivity index (χ3v) is 3.80. The van der Waals surface area contributed by atoms with Crippen molar-refractivity contribution in [2.24, 2.45) is 10.7 Å². The molecule has 1 aliphatic heterocycles. The van der Waals surface area contributed by atoms with Crippen LogP contribution < -0.4 is 10.6 Å². The van der Waals surface area contributed by atoms with E-state index in [9.17, 15) is 0 Å². The predicted octanol–water partition coefficient (Wildman–Crippen LogP) is 3.33. The van der Waals surface area contributed by atoms with Crippen LogP contribution in [0.3, 0.4) is 0 Å². The second kappa shape index (κ2) is 5.05. The monoisotopic (exact) mass is 315 g/mol. The van der Waals surface area contributed by atoms with E-state index in [4.69, 9.17) is 5.73 Å². The van der Waals surface area contributed by atoms with E-state index in [1.807, 2.05) is 30.3 Å².